The van der Waals surface area contributed by atoms with Crippen molar-refractivity contribution in [3.63, 3.8) is 0 Å². The normalized spacial score (nSPS) is 11.5. The van der Waals surface area contributed by atoms with Crippen LogP contribution in [-0.2, 0) is 21.2 Å². The van der Waals surface area contributed by atoms with E-state index < -0.39 is 9.84 Å². The number of fused-ring (bicyclic) bond motifs is 1. The van der Waals surface area contributed by atoms with Gasteiger partial charge in [0.25, 0.3) is 0 Å². The number of carbonyl (C=O) groups is 1. The molecule has 0 saturated carbocycles. The van der Waals surface area contributed by atoms with Crippen LogP contribution in [0, 0.1) is 6.92 Å². The van der Waals surface area contributed by atoms with Gasteiger partial charge < -0.3 is 9.88 Å². The second-order valence-corrected chi connectivity index (χ2v) is 10.3. The first-order valence-electron chi connectivity index (χ1n) is 11.3. The molecule has 5 nitrogen and oxygen atoms in total. The number of para-hydroxylation sites is 2. The highest BCUT2D eigenvalue weighted by Gasteiger charge is 2.24. The Hall–Kier alpha value is -4.16. The van der Waals surface area contributed by atoms with Crippen molar-refractivity contribution in [2.75, 3.05) is 5.32 Å². The fourth-order valence-corrected chi connectivity index (χ4v) is 5.68. The maximum atomic E-state index is 13.4. The summed E-state index contributed by atoms with van der Waals surface area (Å²) in [4.78, 5) is 13.5. The van der Waals surface area contributed by atoms with Crippen molar-refractivity contribution in [2.24, 2.45) is 0 Å². The zero-order chi connectivity index (χ0) is 24.4. The van der Waals surface area contributed by atoms with E-state index in [1.807, 2.05) is 73.7 Å². The summed E-state index contributed by atoms with van der Waals surface area (Å²) in [6.45, 7) is 1.89. The first-order chi connectivity index (χ1) is 16.9. The third-order valence-corrected chi connectivity index (χ3v) is 7.77. The summed E-state index contributed by atoms with van der Waals surface area (Å²) < 4.78 is 28.6. The lowest BCUT2D eigenvalue weighted by Gasteiger charge is -2.12. The van der Waals surface area contributed by atoms with Crippen LogP contribution in [0.4, 0.5) is 5.69 Å². The van der Waals surface area contributed by atoms with Gasteiger partial charge in [-0.2, -0.15) is 0 Å². The number of nitrogens with one attached hydrogen (secondary N) is 1. The van der Waals surface area contributed by atoms with Crippen molar-refractivity contribution in [3.8, 4) is 11.1 Å². The molecule has 0 radical (unpaired) electrons. The molecule has 0 spiro atoms. The van der Waals surface area contributed by atoms with E-state index in [1.165, 1.54) is 0 Å². The molecule has 0 fully saturated rings. The van der Waals surface area contributed by atoms with Crippen molar-refractivity contribution < 1.29 is 13.2 Å². The molecule has 35 heavy (non-hydrogen) atoms. The summed E-state index contributed by atoms with van der Waals surface area (Å²) in [6, 6.07) is 31.5. The molecular formula is C29H24N2O3S. The van der Waals surface area contributed by atoms with Gasteiger partial charge in [-0.25, -0.2) is 8.42 Å². The number of aromatic nitrogens is 1. The smallest absolute Gasteiger partial charge is 0.244 e. The molecule has 0 bridgehead atoms. The lowest BCUT2D eigenvalue weighted by molar-refractivity contribution is -0.116. The van der Waals surface area contributed by atoms with Crippen LogP contribution < -0.4 is 5.32 Å². The van der Waals surface area contributed by atoms with Gasteiger partial charge in [0.1, 0.15) is 6.54 Å². The van der Waals surface area contributed by atoms with E-state index in [9.17, 15) is 13.2 Å². The average Bonchev–Trinajstić information content (AvgIpc) is 3.24. The van der Waals surface area contributed by atoms with E-state index in [4.69, 9.17) is 0 Å². The lowest BCUT2D eigenvalue weighted by Crippen LogP contribution is -2.18. The van der Waals surface area contributed by atoms with E-state index in [1.54, 1.807) is 47.2 Å². The quantitative estimate of drug-likeness (QED) is 0.320. The molecule has 0 unspecified atom stereocenters. The molecule has 5 aromatic rings. The van der Waals surface area contributed by atoms with Crippen LogP contribution in [0.15, 0.2) is 119 Å². The fourth-order valence-electron chi connectivity index (χ4n) is 4.21. The number of nitrogens with zero attached hydrogens (tertiary/aromatic N) is 1. The number of hydrogen-bond donors (Lipinski definition) is 1. The summed E-state index contributed by atoms with van der Waals surface area (Å²) in [5, 5.41) is 3.59. The standard InChI is InChI=1S/C29H24N2O3S/c1-21-15-17-23(18-16-21)35(33,34)28-19-31(27-14-8-6-12-25(27)28)20-29(32)30-26-13-7-5-11-24(26)22-9-3-2-4-10-22/h2-19H,20H2,1H3,(H,30,32). The number of aryl methyl sites for hydroxylation is 1. The van der Waals surface area contributed by atoms with Crippen LogP contribution in [0.1, 0.15) is 5.56 Å². The Labute approximate surface area is 204 Å². The van der Waals surface area contributed by atoms with Gasteiger partial charge in [-0.3, -0.25) is 4.79 Å². The molecular weight excluding hydrogens is 456 g/mol. The van der Waals surface area contributed by atoms with Crippen LogP contribution >= 0.6 is 0 Å². The van der Waals surface area contributed by atoms with E-state index in [-0.39, 0.29) is 22.2 Å². The van der Waals surface area contributed by atoms with Crippen LogP contribution in [0.2, 0.25) is 0 Å². The van der Waals surface area contributed by atoms with Gasteiger partial charge in [-0.1, -0.05) is 84.4 Å². The summed E-state index contributed by atoms with van der Waals surface area (Å²) in [5.41, 5.74) is 4.29. The van der Waals surface area contributed by atoms with E-state index in [2.05, 4.69) is 5.32 Å². The molecule has 5 rings (SSSR count). The van der Waals surface area contributed by atoms with Crippen molar-refractivity contribution in [1.29, 1.82) is 0 Å². The number of hydrogen-bond acceptors (Lipinski definition) is 3. The van der Waals surface area contributed by atoms with Crippen LogP contribution in [0.5, 0.6) is 0 Å². The molecule has 6 heteroatoms. The minimum absolute atomic E-state index is 0.0208. The summed E-state index contributed by atoms with van der Waals surface area (Å²) in [6.07, 6.45) is 1.56. The number of rotatable bonds is 6. The third-order valence-electron chi connectivity index (χ3n) is 5.97. The molecule has 0 saturated heterocycles. The first-order valence-corrected chi connectivity index (χ1v) is 12.8. The highest BCUT2D eigenvalue weighted by Crippen LogP contribution is 2.31. The van der Waals surface area contributed by atoms with Crippen molar-refractivity contribution in [2.45, 2.75) is 23.3 Å². The largest absolute Gasteiger partial charge is 0.337 e. The Bertz CT molecular complexity index is 1620. The highest BCUT2D eigenvalue weighted by molar-refractivity contribution is 7.91. The average molecular weight is 481 g/mol. The van der Waals surface area contributed by atoms with Gasteiger partial charge in [0.15, 0.2) is 0 Å². The molecule has 1 aromatic heterocycles. The third kappa shape index (κ3) is 4.48. The van der Waals surface area contributed by atoms with Gasteiger partial charge >= 0.3 is 0 Å². The number of sulfone groups is 1. The minimum atomic E-state index is -3.75. The van der Waals surface area contributed by atoms with Crippen molar-refractivity contribution in [3.05, 3.63) is 115 Å². The van der Waals surface area contributed by atoms with Crippen molar-refractivity contribution >= 4 is 32.3 Å². The number of carbonyl (C=O) groups excluding carboxylic acids is 1. The van der Waals surface area contributed by atoms with Gasteiger partial charge in [0.2, 0.25) is 15.7 Å². The van der Waals surface area contributed by atoms with Crippen molar-refractivity contribution in [1.82, 2.24) is 4.57 Å². The number of benzene rings is 4. The van der Waals surface area contributed by atoms with E-state index in [0.717, 1.165) is 16.7 Å². The molecule has 174 valence electrons. The Kier molecular flexibility index (Phi) is 5.97. The van der Waals surface area contributed by atoms with Crippen LogP contribution in [0.3, 0.4) is 0 Å². The molecule has 1 N–H and O–H groups in total. The highest BCUT2D eigenvalue weighted by atomic mass is 32.2. The summed E-state index contributed by atoms with van der Waals surface area (Å²) in [5.74, 6) is -0.242. The molecule has 1 heterocycles. The van der Waals surface area contributed by atoms with Gasteiger partial charge in [0, 0.05) is 28.4 Å². The predicted molar refractivity (Wildman–Crippen MR) is 139 cm³/mol. The summed E-state index contributed by atoms with van der Waals surface area (Å²) in [7, 11) is -3.75. The maximum absolute atomic E-state index is 13.4. The minimum Gasteiger partial charge on any atom is -0.337 e. The lowest BCUT2D eigenvalue weighted by atomic mass is 10.0. The Morgan fingerprint density at radius 1 is 0.800 bits per heavy atom. The maximum Gasteiger partial charge on any atom is 0.244 e. The second kappa shape index (κ2) is 9.24. The molecule has 4 aromatic carbocycles. The molecule has 0 aliphatic rings. The Morgan fingerprint density at radius 3 is 2.23 bits per heavy atom. The Balaban J connectivity index is 1.48. The predicted octanol–water partition coefficient (Wildman–Crippen LogP) is 6.09. The van der Waals surface area contributed by atoms with Crippen LogP contribution in [-0.4, -0.2) is 18.9 Å². The van der Waals surface area contributed by atoms with Gasteiger partial charge in [-0.05, 0) is 36.8 Å². The topological polar surface area (TPSA) is 68.2 Å². The first kappa shape index (κ1) is 22.6. The molecule has 0 aliphatic carbocycles. The van der Waals surface area contributed by atoms with Crippen LogP contribution in [0.25, 0.3) is 22.0 Å². The molecule has 0 atom stereocenters. The second-order valence-electron chi connectivity index (χ2n) is 8.41. The van der Waals surface area contributed by atoms with Gasteiger partial charge in [-0.15, -0.1) is 0 Å². The SMILES string of the molecule is Cc1ccc(S(=O)(=O)c2cn(CC(=O)Nc3ccccc3-c3ccccc3)c3ccccc23)cc1. The number of amides is 1. The fraction of sp³-hybridized carbons (Fsp3) is 0.0690. The Morgan fingerprint density at radius 2 is 1.46 bits per heavy atom. The zero-order valence-corrected chi connectivity index (χ0v) is 20.0. The van der Waals surface area contributed by atoms with E-state index >= 15 is 0 Å². The molecule has 0 aliphatic heterocycles. The molecule has 1 amide bonds. The summed E-state index contributed by atoms with van der Waals surface area (Å²) >= 11 is 0. The van der Waals surface area contributed by atoms with Gasteiger partial charge in [0.05, 0.1) is 9.79 Å². The number of anilines is 1. The zero-order valence-electron chi connectivity index (χ0n) is 19.2. The monoisotopic (exact) mass is 480 g/mol. The van der Waals surface area contributed by atoms with E-state index in [0.29, 0.717) is 16.6 Å².